The molecule has 4 fully saturated rings. The number of carbonyl (C=O) groups is 1. The van der Waals surface area contributed by atoms with Crippen LogP contribution in [0.2, 0.25) is 0 Å². The van der Waals surface area contributed by atoms with Gasteiger partial charge in [0.1, 0.15) is 61.0 Å². The summed E-state index contributed by atoms with van der Waals surface area (Å²) in [7, 11) is 0. The highest BCUT2D eigenvalue weighted by molar-refractivity contribution is 5.81. The maximum atomic E-state index is 12.7. The van der Waals surface area contributed by atoms with Gasteiger partial charge in [-0.2, -0.15) is 0 Å². The van der Waals surface area contributed by atoms with Crippen LogP contribution in [0.5, 0.6) is 0 Å². The molecular weight excluding hydrogens is 646 g/mol. The third-order valence-electron chi connectivity index (χ3n) is 9.31. The van der Waals surface area contributed by atoms with Crippen molar-refractivity contribution in [3.8, 4) is 0 Å². The summed E-state index contributed by atoms with van der Waals surface area (Å²) in [5, 5.41) is 75.9. The van der Waals surface area contributed by atoms with Gasteiger partial charge >= 0.3 is 0 Å². The van der Waals surface area contributed by atoms with Crippen LogP contribution in [0.4, 0.5) is 0 Å². The molecule has 0 spiro atoms. The zero-order chi connectivity index (χ0) is 35.4. The third-order valence-corrected chi connectivity index (χ3v) is 9.31. The van der Waals surface area contributed by atoms with E-state index in [1.165, 1.54) is 0 Å². The lowest BCUT2D eigenvalue weighted by Crippen LogP contribution is -2.67. The van der Waals surface area contributed by atoms with Crippen molar-refractivity contribution in [1.29, 1.82) is 0 Å². The van der Waals surface area contributed by atoms with Crippen LogP contribution in [0, 0.1) is 0 Å². The second kappa shape index (κ2) is 17.3. The first-order valence-corrected chi connectivity index (χ1v) is 16.0. The normalized spacial score (nSPS) is 46.6. The summed E-state index contributed by atoms with van der Waals surface area (Å²) in [6.07, 6.45) is -19.4. The van der Waals surface area contributed by atoms with Crippen molar-refractivity contribution >= 4 is 5.91 Å². The molecule has 0 radical (unpaired) electrons. The first-order chi connectivity index (χ1) is 22.8. The lowest BCUT2D eigenvalue weighted by atomic mass is 9.83. The van der Waals surface area contributed by atoms with Crippen LogP contribution in [0.1, 0.15) is 19.3 Å². The van der Waals surface area contributed by atoms with Crippen molar-refractivity contribution in [1.82, 2.24) is 5.32 Å². The molecule has 0 aromatic heterocycles. The highest BCUT2D eigenvalue weighted by Crippen LogP contribution is 2.34. The lowest BCUT2D eigenvalue weighted by molar-refractivity contribution is -0.289. The SMILES string of the molecule is NC[C@@H]1CC[C@@H](N)[C@@H](O[C@H]2[C@H](O[C@@H]3O[C@H](CO)[C@@H](O[C@H]4O[C@@H](CN)[C@@H](O)[C@H](O)[C@H]4N)[C@H]3O)[C@@H](O)[C@H](NC(=O)[C@@H](O)[C@@H](O)CN)C[C@@H]2N)O1. The van der Waals surface area contributed by atoms with Gasteiger partial charge in [-0.15, -0.1) is 0 Å². The molecule has 1 amide bonds. The first kappa shape index (κ1) is 39.5. The van der Waals surface area contributed by atoms with Gasteiger partial charge < -0.3 is 104 Å². The molecule has 4 rings (SSSR count). The van der Waals surface area contributed by atoms with E-state index in [2.05, 4.69) is 5.32 Å². The second-order valence-corrected chi connectivity index (χ2v) is 12.7. The number of hydrogen-bond acceptors (Lipinski definition) is 20. The minimum atomic E-state index is -1.91. The Bertz CT molecular complexity index is 1030. The molecule has 0 aromatic rings. The van der Waals surface area contributed by atoms with Gasteiger partial charge in [-0.3, -0.25) is 4.79 Å². The molecule has 48 heavy (non-hydrogen) atoms. The predicted molar refractivity (Wildman–Crippen MR) is 161 cm³/mol. The molecule has 0 bridgehead atoms. The summed E-state index contributed by atoms with van der Waals surface area (Å²) >= 11 is 0. The summed E-state index contributed by atoms with van der Waals surface area (Å²) in [5.74, 6) is -1.04. The highest BCUT2D eigenvalue weighted by Gasteiger charge is 2.54. The summed E-state index contributed by atoms with van der Waals surface area (Å²) in [6, 6.07) is -4.01. The van der Waals surface area contributed by atoms with E-state index in [4.69, 9.17) is 62.8 Å². The number of aliphatic hydroxyl groups is 7. The number of hydrogen-bond donors (Lipinski definition) is 14. The zero-order valence-electron chi connectivity index (χ0n) is 26.4. The average Bonchev–Trinajstić information content (AvgIpc) is 3.37. The molecule has 0 aromatic carbocycles. The minimum Gasteiger partial charge on any atom is -0.394 e. The van der Waals surface area contributed by atoms with Gasteiger partial charge in [-0.1, -0.05) is 0 Å². The summed E-state index contributed by atoms with van der Waals surface area (Å²) in [6.45, 7) is -1.10. The minimum absolute atomic E-state index is 0.0996. The largest absolute Gasteiger partial charge is 0.394 e. The molecule has 21 heteroatoms. The lowest BCUT2D eigenvalue weighted by Gasteiger charge is -2.46. The topological polar surface area (TPSA) is 382 Å². The fourth-order valence-corrected chi connectivity index (χ4v) is 6.33. The van der Waals surface area contributed by atoms with Crippen molar-refractivity contribution in [2.24, 2.45) is 34.4 Å². The van der Waals surface area contributed by atoms with Crippen molar-refractivity contribution in [3.63, 3.8) is 0 Å². The molecule has 3 aliphatic heterocycles. The smallest absolute Gasteiger partial charge is 0.251 e. The molecule has 4 aliphatic rings. The maximum Gasteiger partial charge on any atom is 0.251 e. The molecule has 21 nitrogen and oxygen atoms in total. The Morgan fingerprint density at radius 2 is 1.40 bits per heavy atom. The van der Waals surface area contributed by atoms with Crippen molar-refractivity contribution in [3.05, 3.63) is 0 Å². The quantitative estimate of drug-likeness (QED) is 0.0848. The van der Waals surface area contributed by atoms with E-state index in [0.29, 0.717) is 12.8 Å². The van der Waals surface area contributed by atoms with Gasteiger partial charge in [0.25, 0.3) is 5.91 Å². The Hall–Kier alpha value is -1.29. The molecule has 1 saturated carbocycles. The van der Waals surface area contributed by atoms with E-state index in [-0.39, 0.29) is 25.6 Å². The standard InChI is InChI=1S/C27H53N7O14/c28-4-8-1-2-9(31)25(43-8)46-21-10(32)3-11(34-24(42)17(38)12(36)5-29)16(37)23(21)48-27-20(41)22(14(7-35)45-27)47-26-15(33)19(40)18(39)13(6-30)44-26/h8-23,25-27,35-41H,1-7,28-33H2,(H,34,42)/t8-,9+,10-,11+,12-,13-,14+,15+,16-,17-,18+,19+,20+,21+,22+,23+,25+,26+,27-/m0/s1. The first-order valence-electron chi connectivity index (χ1n) is 16.0. The van der Waals surface area contributed by atoms with Crippen LogP contribution < -0.4 is 39.7 Å². The summed E-state index contributed by atoms with van der Waals surface area (Å²) in [4.78, 5) is 12.7. The molecule has 1 aliphatic carbocycles. The van der Waals surface area contributed by atoms with Crippen LogP contribution >= 0.6 is 0 Å². The molecule has 19 atom stereocenters. The summed E-state index contributed by atoms with van der Waals surface area (Å²) in [5.41, 5.74) is 35.5. The van der Waals surface area contributed by atoms with Crippen LogP contribution in [0.25, 0.3) is 0 Å². The van der Waals surface area contributed by atoms with Gasteiger partial charge in [0, 0.05) is 25.7 Å². The third kappa shape index (κ3) is 8.59. The van der Waals surface area contributed by atoms with E-state index >= 15 is 0 Å². The van der Waals surface area contributed by atoms with Gasteiger partial charge in [0.15, 0.2) is 25.0 Å². The van der Waals surface area contributed by atoms with E-state index in [1.54, 1.807) is 0 Å². The number of rotatable bonds is 13. The van der Waals surface area contributed by atoms with Gasteiger partial charge in [-0.25, -0.2) is 0 Å². The monoisotopic (exact) mass is 699 g/mol. The van der Waals surface area contributed by atoms with E-state index in [9.17, 15) is 40.5 Å². The number of amides is 1. The molecule has 0 unspecified atom stereocenters. The van der Waals surface area contributed by atoms with E-state index < -0.39 is 129 Å². The molecule has 280 valence electrons. The van der Waals surface area contributed by atoms with Crippen LogP contribution in [-0.4, -0.2) is 184 Å². The number of nitrogens with two attached hydrogens (primary N) is 6. The van der Waals surface area contributed by atoms with E-state index in [1.807, 2.05) is 0 Å². The number of aliphatic hydroxyl groups excluding tert-OH is 7. The Morgan fingerprint density at radius 1 is 0.750 bits per heavy atom. The van der Waals surface area contributed by atoms with Crippen LogP contribution in [-0.2, 0) is 33.2 Å². The van der Waals surface area contributed by atoms with Crippen LogP contribution in [0.3, 0.4) is 0 Å². The zero-order valence-corrected chi connectivity index (χ0v) is 26.4. The van der Waals surface area contributed by atoms with Gasteiger partial charge in [-0.05, 0) is 19.3 Å². The fourth-order valence-electron chi connectivity index (χ4n) is 6.33. The van der Waals surface area contributed by atoms with Crippen molar-refractivity contribution < 1.29 is 69.0 Å². The Morgan fingerprint density at radius 3 is 2.02 bits per heavy atom. The van der Waals surface area contributed by atoms with Gasteiger partial charge in [0.2, 0.25) is 0 Å². The Labute approximate surface area is 276 Å². The van der Waals surface area contributed by atoms with Crippen molar-refractivity contribution in [2.45, 2.75) is 136 Å². The molecule has 20 N–H and O–H groups in total. The molecule has 3 heterocycles. The second-order valence-electron chi connectivity index (χ2n) is 12.7. The summed E-state index contributed by atoms with van der Waals surface area (Å²) < 4.78 is 35.4. The molecule has 3 saturated heterocycles. The average molecular weight is 700 g/mol. The predicted octanol–water partition coefficient (Wildman–Crippen LogP) is -9.00. The van der Waals surface area contributed by atoms with Gasteiger partial charge in [0.05, 0.1) is 30.8 Å². The highest BCUT2D eigenvalue weighted by atomic mass is 16.8. The fraction of sp³-hybridized carbons (Fsp3) is 0.963. The number of nitrogens with one attached hydrogen (secondary N) is 1. The van der Waals surface area contributed by atoms with Crippen molar-refractivity contribution in [2.75, 3.05) is 26.2 Å². The Kier molecular flexibility index (Phi) is 14.2. The number of ether oxygens (including phenoxy) is 6. The molecular formula is C27H53N7O14. The number of carbonyl (C=O) groups excluding carboxylic acids is 1. The van der Waals surface area contributed by atoms with E-state index in [0.717, 1.165) is 0 Å². The van der Waals surface area contributed by atoms with Crippen LogP contribution in [0.15, 0.2) is 0 Å². The Balaban J connectivity index is 1.55. The maximum absolute atomic E-state index is 12.7.